The van der Waals surface area contributed by atoms with Gasteiger partial charge in [0.05, 0.1) is 11.5 Å². The van der Waals surface area contributed by atoms with Gasteiger partial charge in [-0.2, -0.15) is 0 Å². The highest BCUT2D eigenvalue weighted by atomic mass is 32.2. The topological polar surface area (TPSA) is 73.0 Å². The molecule has 0 saturated carbocycles. The normalized spacial score (nSPS) is 22.2. The molecule has 1 unspecified atom stereocenters. The van der Waals surface area contributed by atoms with Gasteiger partial charge in [0.1, 0.15) is 9.84 Å². The van der Waals surface area contributed by atoms with E-state index in [0.717, 1.165) is 12.8 Å². The Morgan fingerprint density at radius 3 is 2.41 bits per heavy atom. The third-order valence-corrected chi connectivity index (χ3v) is 5.27. The van der Waals surface area contributed by atoms with Crippen molar-refractivity contribution in [1.82, 2.24) is 4.98 Å². The van der Waals surface area contributed by atoms with Gasteiger partial charge in [-0.3, -0.25) is 4.98 Å². The first-order valence-electron chi connectivity index (χ1n) is 5.93. The number of sulfone groups is 1. The molecule has 0 aliphatic carbocycles. The Morgan fingerprint density at radius 1 is 1.29 bits per heavy atom. The minimum Gasteiger partial charge on any atom is -0.330 e. The van der Waals surface area contributed by atoms with E-state index in [1.54, 1.807) is 12.4 Å². The van der Waals surface area contributed by atoms with Crippen LogP contribution in [0.5, 0.6) is 0 Å². The molecule has 1 aromatic rings. The zero-order valence-corrected chi connectivity index (χ0v) is 10.6. The summed E-state index contributed by atoms with van der Waals surface area (Å²) in [6, 6.07) is 3.95. The molecule has 94 valence electrons. The second-order valence-electron chi connectivity index (χ2n) is 4.61. The first-order chi connectivity index (χ1) is 8.12. The largest absolute Gasteiger partial charge is 0.330 e. The predicted octanol–water partition coefficient (Wildman–Crippen LogP) is 0.949. The third-order valence-electron chi connectivity index (χ3n) is 3.56. The fourth-order valence-electron chi connectivity index (χ4n) is 2.52. The summed E-state index contributed by atoms with van der Waals surface area (Å²) in [5.41, 5.74) is 7.01. The Labute approximate surface area is 102 Å². The molecule has 0 radical (unpaired) electrons. The lowest BCUT2D eigenvalue weighted by Crippen LogP contribution is -2.30. The van der Waals surface area contributed by atoms with Gasteiger partial charge in [-0.05, 0) is 48.9 Å². The molecule has 4 nitrogen and oxygen atoms in total. The van der Waals surface area contributed by atoms with E-state index >= 15 is 0 Å². The summed E-state index contributed by atoms with van der Waals surface area (Å²) in [5, 5.41) is 0. The van der Waals surface area contributed by atoms with Crippen LogP contribution in [0.15, 0.2) is 24.5 Å². The molecule has 2 heterocycles. The molecular weight excluding hydrogens is 236 g/mol. The first kappa shape index (κ1) is 12.5. The maximum atomic E-state index is 11.4. The van der Waals surface area contributed by atoms with E-state index in [-0.39, 0.29) is 5.92 Å². The summed E-state index contributed by atoms with van der Waals surface area (Å²) in [4.78, 5) is 3.99. The molecule has 1 aromatic heterocycles. The molecule has 17 heavy (non-hydrogen) atoms. The lowest BCUT2D eigenvalue weighted by atomic mass is 9.83. The van der Waals surface area contributed by atoms with E-state index < -0.39 is 9.84 Å². The summed E-state index contributed by atoms with van der Waals surface area (Å²) in [6.45, 7) is 0.564. The Hall–Kier alpha value is -0.940. The van der Waals surface area contributed by atoms with Gasteiger partial charge in [0, 0.05) is 12.4 Å². The summed E-state index contributed by atoms with van der Waals surface area (Å²) in [7, 11) is -2.79. The van der Waals surface area contributed by atoms with Crippen LogP contribution in [0.1, 0.15) is 24.3 Å². The molecule has 1 atom stereocenters. The minimum absolute atomic E-state index is 0.258. The average molecular weight is 254 g/mol. The number of aromatic nitrogens is 1. The molecule has 1 fully saturated rings. The predicted molar refractivity (Wildman–Crippen MR) is 67.4 cm³/mol. The van der Waals surface area contributed by atoms with E-state index in [4.69, 9.17) is 5.73 Å². The van der Waals surface area contributed by atoms with E-state index in [2.05, 4.69) is 4.98 Å². The number of nitrogens with two attached hydrogens (primary N) is 1. The van der Waals surface area contributed by atoms with Gasteiger partial charge in [0.25, 0.3) is 0 Å². The lowest BCUT2D eigenvalue weighted by molar-refractivity contribution is 0.389. The van der Waals surface area contributed by atoms with Crippen molar-refractivity contribution in [3.63, 3.8) is 0 Å². The number of pyridine rings is 1. The lowest BCUT2D eigenvalue weighted by Gasteiger charge is -2.29. The highest BCUT2D eigenvalue weighted by molar-refractivity contribution is 7.91. The summed E-state index contributed by atoms with van der Waals surface area (Å²) < 4.78 is 22.8. The monoisotopic (exact) mass is 254 g/mol. The van der Waals surface area contributed by atoms with Crippen LogP contribution in [0.3, 0.4) is 0 Å². The number of rotatable bonds is 3. The SMILES string of the molecule is NCC(c1ccncc1)C1CCS(=O)(=O)CC1. The average Bonchev–Trinajstić information content (AvgIpc) is 2.33. The highest BCUT2D eigenvalue weighted by Crippen LogP contribution is 2.32. The van der Waals surface area contributed by atoms with Gasteiger partial charge in [-0.25, -0.2) is 8.42 Å². The second-order valence-corrected chi connectivity index (χ2v) is 6.92. The molecule has 1 saturated heterocycles. The van der Waals surface area contributed by atoms with Gasteiger partial charge in [0.15, 0.2) is 0 Å². The first-order valence-corrected chi connectivity index (χ1v) is 7.75. The van der Waals surface area contributed by atoms with Crippen molar-refractivity contribution < 1.29 is 8.42 Å². The Kier molecular flexibility index (Phi) is 3.79. The van der Waals surface area contributed by atoms with E-state index in [1.165, 1.54) is 5.56 Å². The third kappa shape index (κ3) is 3.04. The van der Waals surface area contributed by atoms with Gasteiger partial charge < -0.3 is 5.73 Å². The van der Waals surface area contributed by atoms with E-state index in [0.29, 0.717) is 24.0 Å². The molecule has 2 rings (SSSR count). The molecule has 0 spiro atoms. The summed E-state index contributed by atoms with van der Waals surface area (Å²) in [6.07, 6.45) is 4.98. The molecule has 2 N–H and O–H groups in total. The molecule has 1 aliphatic heterocycles. The number of hydrogen-bond acceptors (Lipinski definition) is 4. The van der Waals surface area contributed by atoms with Crippen molar-refractivity contribution in [1.29, 1.82) is 0 Å². The zero-order chi connectivity index (χ0) is 12.3. The fourth-order valence-corrected chi connectivity index (χ4v) is 4.05. The summed E-state index contributed by atoms with van der Waals surface area (Å²) in [5.74, 6) is 1.25. The van der Waals surface area contributed by atoms with Crippen molar-refractivity contribution in [2.24, 2.45) is 11.7 Å². The smallest absolute Gasteiger partial charge is 0.150 e. The zero-order valence-electron chi connectivity index (χ0n) is 9.75. The Bertz CT molecular complexity index is 445. The van der Waals surface area contributed by atoms with Crippen LogP contribution in [0.2, 0.25) is 0 Å². The van der Waals surface area contributed by atoms with Crippen LogP contribution in [-0.2, 0) is 9.84 Å². The molecular formula is C12H18N2O2S. The Balaban J connectivity index is 2.11. The van der Waals surface area contributed by atoms with Crippen LogP contribution >= 0.6 is 0 Å². The molecule has 5 heteroatoms. The van der Waals surface area contributed by atoms with Crippen LogP contribution in [-0.4, -0.2) is 31.5 Å². The van der Waals surface area contributed by atoms with Gasteiger partial charge >= 0.3 is 0 Å². The molecule has 0 bridgehead atoms. The fraction of sp³-hybridized carbons (Fsp3) is 0.583. The standard InChI is InChI=1S/C12H18N2O2S/c13-9-12(10-1-5-14-6-2-10)11-3-7-17(15,16)8-4-11/h1-2,5-6,11-12H,3-4,7-9,13H2. The van der Waals surface area contributed by atoms with Crippen molar-refractivity contribution in [2.75, 3.05) is 18.1 Å². The second kappa shape index (κ2) is 5.14. The molecule has 0 amide bonds. The quantitative estimate of drug-likeness (QED) is 0.871. The van der Waals surface area contributed by atoms with Crippen molar-refractivity contribution in [2.45, 2.75) is 18.8 Å². The van der Waals surface area contributed by atoms with Gasteiger partial charge in [-0.1, -0.05) is 0 Å². The van der Waals surface area contributed by atoms with Crippen molar-refractivity contribution >= 4 is 9.84 Å². The number of hydrogen-bond donors (Lipinski definition) is 1. The molecule has 1 aliphatic rings. The van der Waals surface area contributed by atoms with Gasteiger partial charge in [0.2, 0.25) is 0 Å². The minimum atomic E-state index is -2.79. The maximum absolute atomic E-state index is 11.4. The summed E-state index contributed by atoms with van der Waals surface area (Å²) >= 11 is 0. The van der Waals surface area contributed by atoms with E-state index in [1.807, 2.05) is 12.1 Å². The Morgan fingerprint density at radius 2 is 1.88 bits per heavy atom. The van der Waals surface area contributed by atoms with Gasteiger partial charge in [-0.15, -0.1) is 0 Å². The maximum Gasteiger partial charge on any atom is 0.150 e. The van der Waals surface area contributed by atoms with Crippen LogP contribution in [0.25, 0.3) is 0 Å². The van der Waals surface area contributed by atoms with Crippen molar-refractivity contribution in [3.8, 4) is 0 Å². The van der Waals surface area contributed by atoms with E-state index in [9.17, 15) is 8.42 Å². The van der Waals surface area contributed by atoms with Crippen LogP contribution in [0.4, 0.5) is 0 Å². The van der Waals surface area contributed by atoms with Crippen LogP contribution < -0.4 is 5.73 Å². The molecule has 0 aromatic carbocycles. The van der Waals surface area contributed by atoms with Crippen molar-refractivity contribution in [3.05, 3.63) is 30.1 Å². The number of nitrogens with zero attached hydrogens (tertiary/aromatic N) is 1. The van der Waals surface area contributed by atoms with Crippen LogP contribution in [0, 0.1) is 5.92 Å². The highest BCUT2D eigenvalue weighted by Gasteiger charge is 2.29.